The standard InChI is InChI=1S/C10H11BrClNOS/c11-8-4-3-7(15-8)9(12)10(14)13-5-1-2-6-13/h3-4,9H,1-2,5-6H2. The predicted octanol–water partition coefficient (Wildman–Crippen LogP) is 3.41. The molecule has 1 unspecified atom stereocenters. The fourth-order valence-corrected chi connectivity index (χ4v) is 3.42. The van der Waals surface area contributed by atoms with Gasteiger partial charge in [0.15, 0.2) is 0 Å². The third-order valence-electron chi connectivity index (χ3n) is 2.48. The van der Waals surface area contributed by atoms with Gasteiger partial charge >= 0.3 is 0 Å². The summed E-state index contributed by atoms with van der Waals surface area (Å²) >= 11 is 11.0. The number of carbonyl (C=O) groups excluding carboxylic acids is 1. The van der Waals surface area contributed by atoms with E-state index < -0.39 is 5.38 Å². The predicted molar refractivity (Wildman–Crippen MR) is 66.4 cm³/mol. The zero-order chi connectivity index (χ0) is 10.8. The van der Waals surface area contributed by atoms with E-state index in [4.69, 9.17) is 11.6 Å². The van der Waals surface area contributed by atoms with Crippen LogP contribution in [0.2, 0.25) is 0 Å². The molecule has 1 atom stereocenters. The molecule has 15 heavy (non-hydrogen) atoms. The Bertz CT molecular complexity index is 362. The number of carbonyl (C=O) groups is 1. The molecule has 2 heterocycles. The second kappa shape index (κ2) is 4.85. The van der Waals surface area contributed by atoms with E-state index in [0.717, 1.165) is 34.6 Å². The molecule has 2 nitrogen and oxygen atoms in total. The van der Waals surface area contributed by atoms with Crippen LogP contribution in [0.5, 0.6) is 0 Å². The molecule has 0 radical (unpaired) electrons. The highest BCUT2D eigenvalue weighted by atomic mass is 79.9. The molecule has 1 amide bonds. The summed E-state index contributed by atoms with van der Waals surface area (Å²) in [5.41, 5.74) is 0. The topological polar surface area (TPSA) is 20.3 Å². The Hall–Kier alpha value is -0.0600. The Labute approximate surface area is 106 Å². The van der Waals surface area contributed by atoms with E-state index in [1.807, 2.05) is 17.0 Å². The largest absolute Gasteiger partial charge is 0.341 e. The number of thiophene rings is 1. The van der Waals surface area contributed by atoms with Gasteiger partial charge in [-0.25, -0.2) is 0 Å². The summed E-state index contributed by atoms with van der Waals surface area (Å²) in [6.07, 6.45) is 2.20. The van der Waals surface area contributed by atoms with Crippen LogP contribution in [-0.4, -0.2) is 23.9 Å². The summed E-state index contributed by atoms with van der Waals surface area (Å²) in [4.78, 5) is 14.7. The molecule has 1 aliphatic rings. The van der Waals surface area contributed by atoms with Gasteiger partial charge in [0.1, 0.15) is 5.38 Å². The summed E-state index contributed by atoms with van der Waals surface area (Å²) in [6, 6.07) is 3.83. The minimum atomic E-state index is -0.514. The van der Waals surface area contributed by atoms with E-state index in [1.54, 1.807) is 0 Å². The Kier molecular flexibility index (Phi) is 3.69. The van der Waals surface area contributed by atoms with Gasteiger partial charge in [0.05, 0.1) is 3.79 Å². The van der Waals surface area contributed by atoms with Crippen LogP contribution in [-0.2, 0) is 4.79 Å². The van der Waals surface area contributed by atoms with Crippen molar-refractivity contribution in [2.45, 2.75) is 18.2 Å². The SMILES string of the molecule is O=C(C(Cl)c1ccc(Br)s1)N1CCCC1. The third-order valence-corrected chi connectivity index (χ3v) is 4.72. The number of halogens is 2. The van der Waals surface area contributed by atoms with Gasteiger partial charge in [-0.1, -0.05) is 0 Å². The Morgan fingerprint density at radius 1 is 1.47 bits per heavy atom. The number of amides is 1. The Balaban J connectivity index is 2.06. The van der Waals surface area contributed by atoms with E-state index in [9.17, 15) is 4.79 Å². The highest BCUT2D eigenvalue weighted by Gasteiger charge is 2.26. The molecule has 82 valence electrons. The lowest BCUT2D eigenvalue weighted by atomic mass is 10.3. The molecule has 1 aromatic heterocycles. The van der Waals surface area contributed by atoms with Gasteiger partial charge in [-0.3, -0.25) is 4.79 Å². The van der Waals surface area contributed by atoms with Gasteiger partial charge in [-0.15, -0.1) is 22.9 Å². The highest BCUT2D eigenvalue weighted by Crippen LogP contribution is 2.32. The van der Waals surface area contributed by atoms with Crippen LogP contribution < -0.4 is 0 Å². The summed E-state index contributed by atoms with van der Waals surface area (Å²) in [7, 11) is 0. The minimum absolute atomic E-state index is 0.0449. The molecule has 0 aliphatic carbocycles. The molecule has 1 aromatic rings. The van der Waals surface area contributed by atoms with Crippen molar-refractivity contribution in [1.29, 1.82) is 0 Å². The number of alkyl halides is 1. The molecule has 2 rings (SSSR count). The van der Waals surface area contributed by atoms with Gasteiger partial charge in [-0.05, 0) is 40.9 Å². The lowest BCUT2D eigenvalue weighted by Crippen LogP contribution is -2.30. The van der Waals surface area contributed by atoms with E-state index in [2.05, 4.69) is 15.9 Å². The Morgan fingerprint density at radius 2 is 2.13 bits per heavy atom. The first-order chi connectivity index (χ1) is 7.18. The van der Waals surface area contributed by atoms with Crippen molar-refractivity contribution in [3.63, 3.8) is 0 Å². The first-order valence-electron chi connectivity index (χ1n) is 4.86. The Morgan fingerprint density at radius 3 is 2.67 bits per heavy atom. The second-order valence-corrected chi connectivity index (χ2v) is 6.47. The van der Waals surface area contributed by atoms with Crippen molar-refractivity contribution in [3.05, 3.63) is 20.8 Å². The molecular formula is C10H11BrClNOS. The number of rotatable bonds is 2. The van der Waals surface area contributed by atoms with E-state index in [0.29, 0.717) is 0 Å². The first-order valence-corrected chi connectivity index (χ1v) is 6.91. The number of hydrogen-bond donors (Lipinski definition) is 0. The average Bonchev–Trinajstić information content (AvgIpc) is 2.85. The number of hydrogen-bond acceptors (Lipinski definition) is 2. The van der Waals surface area contributed by atoms with Crippen molar-refractivity contribution in [3.8, 4) is 0 Å². The van der Waals surface area contributed by atoms with Crippen LogP contribution >= 0.6 is 38.9 Å². The van der Waals surface area contributed by atoms with Crippen LogP contribution in [0.4, 0.5) is 0 Å². The van der Waals surface area contributed by atoms with Crippen molar-refractivity contribution in [1.82, 2.24) is 4.90 Å². The maximum atomic E-state index is 11.9. The molecule has 5 heteroatoms. The van der Waals surface area contributed by atoms with Crippen LogP contribution in [0.1, 0.15) is 23.1 Å². The normalized spacial score (nSPS) is 18.1. The van der Waals surface area contributed by atoms with Crippen LogP contribution in [0.3, 0.4) is 0 Å². The fraction of sp³-hybridized carbons (Fsp3) is 0.500. The lowest BCUT2D eigenvalue weighted by molar-refractivity contribution is -0.129. The quantitative estimate of drug-likeness (QED) is 0.767. The summed E-state index contributed by atoms with van der Waals surface area (Å²) in [5, 5.41) is -0.514. The molecular weight excluding hydrogens is 298 g/mol. The van der Waals surface area contributed by atoms with Crippen LogP contribution in [0, 0.1) is 0 Å². The van der Waals surface area contributed by atoms with Gasteiger partial charge in [0.25, 0.3) is 0 Å². The van der Waals surface area contributed by atoms with Crippen molar-refractivity contribution in [2.24, 2.45) is 0 Å². The van der Waals surface area contributed by atoms with E-state index in [1.165, 1.54) is 11.3 Å². The zero-order valence-electron chi connectivity index (χ0n) is 8.08. The van der Waals surface area contributed by atoms with Crippen molar-refractivity contribution >= 4 is 44.8 Å². The summed E-state index contributed by atoms with van der Waals surface area (Å²) < 4.78 is 1.01. The molecule has 0 spiro atoms. The molecule has 0 N–H and O–H groups in total. The van der Waals surface area contributed by atoms with Gasteiger partial charge in [0, 0.05) is 18.0 Å². The molecule has 1 aliphatic heterocycles. The maximum Gasteiger partial charge on any atom is 0.246 e. The summed E-state index contributed by atoms with van der Waals surface area (Å²) in [6.45, 7) is 1.71. The number of likely N-dealkylation sites (tertiary alicyclic amines) is 1. The first kappa shape index (κ1) is 11.4. The van der Waals surface area contributed by atoms with Gasteiger partial charge in [0.2, 0.25) is 5.91 Å². The van der Waals surface area contributed by atoms with Crippen molar-refractivity contribution in [2.75, 3.05) is 13.1 Å². The van der Waals surface area contributed by atoms with Crippen LogP contribution in [0.15, 0.2) is 15.9 Å². The lowest BCUT2D eigenvalue weighted by Gasteiger charge is -2.17. The molecule has 0 saturated carbocycles. The fourth-order valence-electron chi connectivity index (χ4n) is 1.68. The summed E-state index contributed by atoms with van der Waals surface area (Å²) in [5.74, 6) is 0.0449. The van der Waals surface area contributed by atoms with Gasteiger partial charge < -0.3 is 4.90 Å². The second-order valence-electron chi connectivity index (χ2n) is 3.54. The molecule has 1 fully saturated rings. The molecule has 0 aromatic carbocycles. The molecule has 1 saturated heterocycles. The number of nitrogens with zero attached hydrogens (tertiary/aromatic N) is 1. The zero-order valence-corrected chi connectivity index (χ0v) is 11.2. The van der Waals surface area contributed by atoms with E-state index >= 15 is 0 Å². The van der Waals surface area contributed by atoms with E-state index in [-0.39, 0.29) is 5.91 Å². The minimum Gasteiger partial charge on any atom is -0.341 e. The maximum absolute atomic E-state index is 11.9. The third kappa shape index (κ3) is 2.55. The average molecular weight is 309 g/mol. The van der Waals surface area contributed by atoms with Crippen LogP contribution in [0.25, 0.3) is 0 Å². The molecule has 0 bridgehead atoms. The van der Waals surface area contributed by atoms with Gasteiger partial charge in [-0.2, -0.15) is 0 Å². The highest BCUT2D eigenvalue weighted by molar-refractivity contribution is 9.11. The smallest absolute Gasteiger partial charge is 0.246 e. The van der Waals surface area contributed by atoms with Crippen molar-refractivity contribution < 1.29 is 4.79 Å². The monoisotopic (exact) mass is 307 g/mol.